The number of hydrogen-bond donors (Lipinski definition) is 1. The van der Waals surface area contributed by atoms with Crippen LogP contribution >= 0.6 is 11.6 Å². The van der Waals surface area contributed by atoms with Crippen LogP contribution in [0.5, 0.6) is 0 Å². The predicted molar refractivity (Wildman–Crippen MR) is 77.9 cm³/mol. The minimum Gasteiger partial charge on any atom is -0.360 e. The van der Waals surface area contributed by atoms with Gasteiger partial charge >= 0.3 is 0 Å². The van der Waals surface area contributed by atoms with Crippen molar-refractivity contribution >= 4 is 28.3 Å². The lowest BCUT2D eigenvalue weighted by atomic mass is 10.0. The van der Waals surface area contributed by atoms with E-state index in [-0.39, 0.29) is 10.6 Å². The number of nitrogens with one attached hydrogen (secondary N) is 1. The van der Waals surface area contributed by atoms with Crippen molar-refractivity contribution in [2.24, 2.45) is 0 Å². The molecule has 3 rings (SSSR count). The van der Waals surface area contributed by atoms with Gasteiger partial charge in [0, 0.05) is 22.7 Å². The molecule has 102 valence electrons. The number of hydrogen-bond acceptors (Lipinski definition) is 2. The van der Waals surface area contributed by atoms with E-state index in [9.17, 15) is 9.18 Å². The average Bonchev–Trinajstić information content (AvgIpc) is 2.92. The number of nitriles is 1. The number of aromatic nitrogens is 1. The molecule has 5 heteroatoms. The number of halogens is 2. The van der Waals surface area contributed by atoms with Crippen LogP contribution in [-0.2, 0) is 0 Å². The van der Waals surface area contributed by atoms with Gasteiger partial charge in [0.05, 0.1) is 22.2 Å². The van der Waals surface area contributed by atoms with Gasteiger partial charge in [-0.3, -0.25) is 4.79 Å². The third-order valence-corrected chi connectivity index (χ3v) is 3.54. The normalized spacial score (nSPS) is 10.5. The zero-order chi connectivity index (χ0) is 15.0. The number of benzene rings is 2. The predicted octanol–water partition coefficient (Wildman–Crippen LogP) is 4.06. The molecule has 3 aromatic rings. The van der Waals surface area contributed by atoms with Crippen molar-refractivity contribution in [3.8, 4) is 6.07 Å². The maximum atomic E-state index is 14.0. The van der Waals surface area contributed by atoms with Gasteiger partial charge in [0.25, 0.3) is 0 Å². The third kappa shape index (κ3) is 2.18. The largest absolute Gasteiger partial charge is 0.360 e. The SMILES string of the molecule is N#Cc1ccc2[nH]cc(C(=O)c3cccc(Cl)c3F)c2c1. The number of H-pyrrole nitrogens is 1. The third-order valence-electron chi connectivity index (χ3n) is 3.25. The summed E-state index contributed by atoms with van der Waals surface area (Å²) in [6.07, 6.45) is 1.51. The monoisotopic (exact) mass is 298 g/mol. The van der Waals surface area contributed by atoms with Crippen molar-refractivity contribution in [3.05, 3.63) is 70.1 Å². The van der Waals surface area contributed by atoms with E-state index in [1.54, 1.807) is 18.2 Å². The van der Waals surface area contributed by atoms with E-state index in [1.807, 2.05) is 6.07 Å². The molecule has 0 aliphatic rings. The summed E-state index contributed by atoms with van der Waals surface area (Å²) in [6.45, 7) is 0. The summed E-state index contributed by atoms with van der Waals surface area (Å²) in [7, 11) is 0. The smallest absolute Gasteiger partial charge is 0.198 e. The van der Waals surface area contributed by atoms with E-state index in [0.29, 0.717) is 22.0 Å². The highest BCUT2D eigenvalue weighted by Gasteiger charge is 2.19. The fourth-order valence-electron chi connectivity index (χ4n) is 2.20. The Morgan fingerprint density at radius 1 is 1.24 bits per heavy atom. The molecule has 0 unspecified atom stereocenters. The first-order chi connectivity index (χ1) is 10.1. The summed E-state index contributed by atoms with van der Waals surface area (Å²) in [5, 5.41) is 9.42. The number of nitrogens with zero attached hydrogens (tertiary/aromatic N) is 1. The highest BCUT2D eigenvalue weighted by molar-refractivity contribution is 6.31. The molecule has 0 saturated heterocycles. The molecule has 0 atom stereocenters. The Labute approximate surface area is 124 Å². The van der Waals surface area contributed by atoms with Gasteiger partial charge in [0.2, 0.25) is 0 Å². The average molecular weight is 299 g/mol. The van der Waals surface area contributed by atoms with Gasteiger partial charge in [-0.15, -0.1) is 0 Å². The maximum absolute atomic E-state index is 14.0. The van der Waals surface area contributed by atoms with Crippen molar-refractivity contribution in [3.63, 3.8) is 0 Å². The molecule has 1 heterocycles. The van der Waals surface area contributed by atoms with E-state index in [2.05, 4.69) is 4.98 Å². The molecule has 0 amide bonds. The van der Waals surface area contributed by atoms with Gasteiger partial charge in [0.1, 0.15) is 0 Å². The summed E-state index contributed by atoms with van der Waals surface area (Å²) in [5.74, 6) is -1.22. The summed E-state index contributed by atoms with van der Waals surface area (Å²) in [6, 6.07) is 11.3. The molecule has 21 heavy (non-hydrogen) atoms. The molecule has 1 N–H and O–H groups in total. The highest BCUT2D eigenvalue weighted by atomic mass is 35.5. The van der Waals surface area contributed by atoms with Crippen LogP contribution in [0, 0.1) is 17.1 Å². The maximum Gasteiger partial charge on any atom is 0.198 e. The number of rotatable bonds is 2. The second-order valence-electron chi connectivity index (χ2n) is 4.51. The molecular weight excluding hydrogens is 291 g/mol. The number of carbonyl (C=O) groups excluding carboxylic acids is 1. The van der Waals surface area contributed by atoms with Gasteiger partial charge in [-0.05, 0) is 30.3 Å². The Kier molecular flexibility index (Phi) is 3.20. The molecule has 2 aromatic carbocycles. The molecule has 1 aromatic heterocycles. The van der Waals surface area contributed by atoms with Gasteiger partial charge in [0.15, 0.2) is 11.6 Å². The van der Waals surface area contributed by atoms with Crippen LogP contribution in [0.1, 0.15) is 21.5 Å². The van der Waals surface area contributed by atoms with Gasteiger partial charge in [-0.25, -0.2) is 4.39 Å². The van der Waals surface area contributed by atoms with Crippen LogP contribution in [-0.4, -0.2) is 10.8 Å². The topological polar surface area (TPSA) is 56.6 Å². The molecule has 0 radical (unpaired) electrons. The Balaban J connectivity index is 2.18. The van der Waals surface area contributed by atoms with Crippen LogP contribution in [0.3, 0.4) is 0 Å². The summed E-state index contributed by atoms with van der Waals surface area (Å²) < 4.78 is 14.0. The summed E-state index contributed by atoms with van der Waals surface area (Å²) >= 11 is 5.71. The first kappa shape index (κ1) is 13.3. The standard InChI is InChI=1S/C16H8ClFN2O/c17-13-3-1-2-10(15(13)18)16(21)12-8-20-14-5-4-9(7-19)6-11(12)14/h1-6,8,20H. The van der Waals surface area contributed by atoms with E-state index in [0.717, 1.165) is 0 Å². The highest BCUT2D eigenvalue weighted by Crippen LogP contribution is 2.25. The number of fused-ring (bicyclic) bond motifs is 1. The second kappa shape index (κ2) is 5.04. The van der Waals surface area contributed by atoms with Gasteiger partial charge < -0.3 is 4.98 Å². The molecule has 0 spiro atoms. The molecule has 0 aliphatic carbocycles. The lowest BCUT2D eigenvalue weighted by molar-refractivity contribution is 0.103. The molecule has 0 saturated carbocycles. The molecular formula is C16H8ClFN2O. The number of ketones is 1. The molecule has 0 fully saturated rings. The van der Waals surface area contributed by atoms with Crippen LogP contribution in [0.4, 0.5) is 4.39 Å². The Morgan fingerprint density at radius 3 is 2.81 bits per heavy atom. The van der Waals surface area contributed by atoms with E-state index in [1.165, 1.54) is 24.4 Å². The van der Waals surface area contributed by atoms with Crippen molar-refractivity contribution in [1.82, 2.24) is 4.98 Å². The first-order valence-corrected chi connectivity index (χ1v) is 6.49. The van der Waals surface area contributed by atoms with Crippen molar-refractivity contribution in [2.75, 3.05) is 0 Å². The summed E-state index contributed by atoms with van der Waals surface area (Å²) in [4.78, 5) is 15.4. The zero-order valence-electron chi connectivity index (χ0n) is 10.7. The Hall–Kier alpha value is -2.64. The van der Waals surface area contributed by atoms with Crippen LogP contribution < -0.4 is 0 Å². The number of aromatic amines is 1. The summed E-state index contributed by atoms with van der Waals surface area (Å²) in [5.41, 5.74) is 1.36. The molecule has 3 nitrogen and oxygen atoms in total. The lowest BCUT2D eigenvalue weighted by Gasteiger charge is -2.03. The second-order valence-corrected chi connectivity index (χ2v) is 4.91. The van der Waals surface area contributed by atoms with Crippen molar-refractivity contribution in [1.29, 1.82) is 5.26 Å². The van der Waals surface area contributed by atoms with E-state index >= 15 is 0 Å². The van der Waals surface area contributed by atoms with Crippen LogP contribution in [0.25, 0.3) is 10.9 Å². The fraction of sp³-hybridized carbons (Fsp3) is 0. The van der Waals surface area contributed by atoms with Gasteiger partial charge in [-0.1, -0.05) is 17.7 Å². The molecule has 0 aliphatic heterocycles. The van der Waals surface area contributed by atoms with Crippen molar-refractivity contribution < 1.29 is 9.18 Å². The minimum absolute atomic E-state index is 0.0919. The van der Waals surface area contributed by atoms with E-state index in [4.69, 9.17) is 16.9 Å². The Morgan fingerprint density at radius 2 is 2.05 bits per heavy atom. The lowest BCUT2D eigenvalue weighted by Crippen LogP contribution is -2.04. The van der Waals surface area contributed by atoms with Crippen LogP contribution in [0.2, 0.25) is 5.02 Å². The van der Waals surface area contributed by atoms with E-state index < -0.39 is 11.6 Å². The molecule has 0 bridgehead atoms. The number of carbonyl (C=O) groups is 1. The Bertz CT molecular complexity index is 908. The first-order valence-electron chi connectivity index (χ1n) is 6.12. The fourth-order valence-corrected chi connectivity index (χ4v) is 2.38. The van der Waals surface area contributed by atoms with Crippen molar-refractivity contribution in [2.45, 2.75) is 0 Å². The quantitative estimate of drug-likeness (QED) is 0.725. The van der Waals surface area contributed by atoms with Crippen LogP contribution in [0.15, 0.2) is 42.6 Å². The van der Waals surface area contributed by atoms with Gasteiger partial charge in [-0.2, -0.15) is 5.26 Å². The zero-order valence-corrected chi connectivity index (χ0v) is 11.4. The minimum atomic E-state index is -0.741.